The molecule has 0 spiro atoms. The van der Waals surface area contributed by atoms with Gasteiger partial charge in [0.1, 0.15) is 23.4 Å². The number of ether oxygens (including phenoxy) is 2. The molecule has 202 valence electrons. The van der Waals surface area contributed by atoms with Crippen LogP contribution in [0.1, 0.15) is 51.3 Å². The second kappa shape index (κ2) is 14.5. The van der Waals surface area contributed by atoms with E-state index >= 15 is 0 Å². The Morgan fingerprint density at radius 2 is 1.86 bits per heavy atom. The van der Waals surface area contributed by atoms with E-state index in [9.17, 15) is 29.4 Å². The Morgan fingerprint density at radius 3 is 2.39 bits per heavy atom. The van der Waals surface area contributed by atoms with E-state index in [0.717, 1.165) is 4.90 Å². The van der Waals surface area contributed by atoms with E-state index in [0.29, 0.717) is 11.1 Å². The molecule has 36 heavy (non-hydrogen) atoms. The molecule has 12 heteroatoms. The topological polar surface area (TPSA) is 154 Å². The summed E-state index contributed by atoms with van der Waals surface area (Å²) in [7, 11) is 0. The third-order valence-corrected chi connectivity index (χ3v) is 5.19. The zero-order valence-corrected chi connectivity index (χ0v) is 22.3. The van der Waals surface area contributed by atoms with Gasteiger partial charge in [-0.2, -0.15) is 12.6 Å². The van der Waals surface area contributed by atoms with Crippen LogP contribution in [-0.4, -0.2) is 82.7 Å². The molecule has 0 bridgehead atoms. The lowest BCUT2D eigenvalue weighted by Crippen LogP contribution is -2.54. The van der Waals surface area contributed by atoms with E-state index in [2.05, 4.69) is 23.3 Å². The predicted octanol–water partition coefficient (Wildman–Crippen LogP) is 1.46. The number of aromatic hydroxyl groups is 1. The molecule has 0 aromatic heterocycles. The van der Waals surface area contributed by atoms with Crippen molar-refractivity contribution in [2.75, 3.05) is 32.1 Å². The molecule has 11 nitrogen and oxygen atoms in total. The Balaban J connectivity index is 3.29. The van der Waals surface area contributed by atoms with Gasteiger partial charge in [-0.3, -0.25) is 14.4 Å². The van der Waals surface area contributed by atoms with E-state index in [4.69, 9.17) is 9.47 Å². The molecule has 1 aromatic carbocycles. The first-order chi connectivity index (χ1) is 16.8. The Bertz CT molecular complexity index is 919. The minimum absolute atomic E-state index is 0.0000751. The van der Waals surface area contributed by atoms with Gasteiger partial charge in [0.25, 0.3) is 0 Å². The summed E-state index contributed by atoms with van der Waals surface area (Å²) < 4.78 is 10.1. The molecule has 0 aliphatic carbocycles. The first-order valence-electron chi connectivity index (χ1n) is 11.6. The number of hydrogen-bond donors (Lipinski definition) is 5. The molecule has 0 radical (unpaired) electrons. The van der Waals surface area contributed by atoms with Gasteiger partial charge in [0.2, 0.25) is 11.8 Å². The van der Waals surface area contributed by atoms with Gasteiger partial charge < -0.3 is 35.2 Å². The lowest BCUT2D eigenvalue weighted by Gasteiger charge is -2.34. The van der Waals surface area contributed by atoms with Gasteiger partial charge in [0, 0.05) is 18.8 Å². The second-order valence-electron chi connectivity index (χ2n) is 8.93. The first kappa shape index (κ1) is 31.0. The van der Waals surface area contributed by atoms with E-state index in [1.807, 2.05) is 0 Å². The highest BCUT2D eigenvalue weighted by atomic mass is 32.1. The average Bonchev–Trinajstić information content (AvgIpc) is 2.78. The summed E-state index contributed by atoms with van der Waals surface area (Å²) in [6.45, 7) is 7.77. The van der Waals surface area contributed by atoms with Crippen LogP contribution in [0.3, 0.4) is 0 Å². The fourth-order valence-electron chi connectivity index (χ4n) is 3.25. The number of esters is 1. The van der Waals surface area contributed by atoms with Gasteiger partial charge in [0.15, 0.2) is 0 Å². The Kier molecular flexibility index (Phi) is 12.5. The molecule has 0 fully saturated rings. The lowest BCUT2D eigenvalue weighted by atomic mass is 10.0. The summed E-state index contributed by atoms with van der Waals surface area (Å²) >= 11 is 4.17. The van der Waals surface area contributed by atoms with Crippen LogP contribution in [0.5, 0.6) is 5.75 Å². The van der Waals surface area contributed by atoms with Crippen molar-refractivity contribution in [3.8, 4) is 5.75 Å². The van der Waals surface area contributed by atoms with Crippen molar-refractivity contribution in [3.63, 3.8) is 0 Å². The number of aliphatic hydroxyl groups excluding tert-OH is 1. The molecule has 3 amide bonds. The van der Waals surface area contributed by atoms with Gasteiger partial charge in [-0.15, -0.1) is 0 Å². The normalized spacial score (nSPS) is 12.8. The minimum atomic E-state index is -1.24. The fraction of sp³-hybridized carbons (Fsp3) is 0.583. The van der Waals surface area contributed by atoms with Gasteiger partial charge >= 0.3 is 12.1 Å². The number of aryl methyl sites for hydroxylation is 1. The number of phenols is 1. The number of thiol groups is 1. The highest BCUT2D eigenvalue weighted by molar-refractivity contribution is 7.80. The summed E-state index contributed by atoms with van der Waals surface area (Å²) in [6, 6.07) is 2.00. The molecule has 4 N–H and O–H groups in total. The van der Waals surface area contributed by atoms with Crippen LogP contribution in [0.4, 0.5) is 4.79 Å². The van der Waals surface area contributed by atoms with Crippen molar-refractivity contribution in [1.82, 2.24) is 15.5 Å². The van der Waals surface area contributed by atoms with Crippen molar-refractivity contribution in [3.05, 3.63) is 29.3 Å². The molecule has 0 saturated carbocycles. The Morgan fingerprint density at radius 1 is 1.19 bits per heavy atom. The number of nitrogens with zero attached hydrogens (tertiary/aromatic N) is 1. The van der Waals surface area contributed by atoms with Crippen LogP contribution < -0.4 is 10.6 Å². The largest absolute Gasteiger partial charge is 0.508 e. The smallest absolute Gasteiger partial charge is 0.408 e. The summed E-state index contributed by atoms with van der Waals surface area (Å²) in [4.78, 5) is 51.8. The Hall–Kier alpha value is -2.99. The summed E-state index contributed by atoms with van der Waals surface area (Å²) in [5.74, 6) is -1.90. The van der Waals surface area contributed by atoms with Crippen molar-refractivity contribution in [2.24, 2.45) is 0 Å². The third kappa shape index (κ3) is 9.94. The number of nitrogens with one attached hydrogen (secondary N) is 2. The number of benzene rings is 1. The number of hydrogen-bond acceptors (Lipinski definition) is 9. The molecule has 2 atom stereocenters. The highest BCUT2D eigenvalue weighted by Gasteiger charge is 2.35. The highest BCUT2D eigenvalue weighted by Crippen LogP contribution is 2.27. The molecule has 0 aliphatic rings. The van der Waals surface area contributed by atoms with E-state index in [1.54, 1.807) is 40.7 Å². The number of aliphatic hydroxyl groups is 1. The molecule has 2 unspecified atom stereocenters. The molecular weight excluding hydrogens is 490 g/mol. The zero-order valence-electron chi connectivity index (χ0n) is 21.4. The number of phenolic OH excluding ortho intramolecular Hbond substituents is 1. The van der Waals surface area contributed by atoms with E-state index in [-0.39, 0.29) is 37.6 Å². The second-order valence-corrected chi connectivity index (χ2v) is 9.30. The molecule has 0 saturated heterocycles. The van der Waals surface area contributed by atoms with Gasteiger partial charge in [-0.1, -0.05) is 6.07 Å². The summed E-state index contributed by atoms with van der Waals surface area (Å²) in [5.41, 5.74) is 0.0195. The van der Waals surface area contributed by atoms with Crippen LogP contribution in [0.2, 0.25) is 0 Å². The SMILES string of the molecule is CCOC(=O)CCNC(=O)C(c1ccc(O)c(C)c1)N(CCO)C(=O)C(CS)NC(=O)OC(C)(C)C. The van der Waals surface area contributed by atoms with Gasteiger partial charge in [-0.05, 0) is 57.9 Å². The maximum absolute atomic E-state index is 13.5. The average molecular weight is 528 g/mol. The Labute approximate surface area is 216 Å². The van der Waals surface area contributed by atoms with Crippen molar-refractivity contribution in [2.45, 2.75) is 58.7 Å². The van der Waals surface area contributed by atoms with E-state index in [1.165, 1.54) is 12.1 Å². The van der Waals surface area contributed by atoms with Crippen LogP contribution in [-0.2, 0) is 23.9 Å². The predicted molar refractivity (Wildman–Crippen MR) is 136 cm³/mol. The molecule has 0 aliphatic heterocycles. The maximum Gasteiger partial charge on any atom is 0.408 e. The van der Waals surface area contributed by atoms with Crippen LogP contribution >= 0.6 is 12.6 Å². The first-order valence-corrected chi connectivity index (χ1v) is 12.2. The number of carbonyl (C=O) groups is 4. The molecular formula is C24H37N3O8S. The number of alkyl carbamates (subject to hydrolysis) is 1. The van der Waals surface area contributed by atoms with Crippen molar-refractivity contribution in [1.29, 1.82) is 0 Å². The van der Waals surface area contributed by atoms with Gasteiger partial charge in [-0.25, -0.2) is 4.79 Å². The van der Waals surface area contributed by atoms with Crippen LogP contribution in [0.15, 0.2) is 18.2 Å². The molecule has 0 heterocycles. The van der Waals surface area contributed by atoms with Crippen LogP contribution in [0, 0.1) is 6.92 Å². The van der Waals surface area contributed by atoms with Crippen molar-refractivity contribution >= 4 is 36.5 Å². The quantitative estimate of drug-likeness (QED) is 0.202. The van der Waals surface area contributed by atoms with E-state index < -0.39 is 48.2 Å². The standard InChI is InChI=1S/C24H37N3O8S/c1-6-34-19(30)9-10-25-21(31)20(16-7-8-18(29)15(2)13-16)27(11-12-28)22(32)17(14-36)26-23(33)35-24(3,4)5/h7-8,13,17,20,28-29,36H,6,9-12,14H2,1-5H3,(H,25,31)(H,26,33). The molecule has 1 aromatic rings. The maximum atomic E-state index is 13.5. The lowest BCUT2D eigenvalue weighted by molar-refractivity contribution is -0.144. The summed E-state index contributed by atoms with van der Waals surface area (Å²) in [5, 5.41) is 24.7. The summed E-state index contributed by atoms with van der Waals surface area (Å²) in [6.07, 6.45) is -0.913. The monoisotopic (exact) mass is 527 g/mol. The van der Waals surface area contributed by atoms with Crippen LogP contribution in [0.25, 0.3) is 0 Å². The molecule has 1 rings (SSSR count). The zero-order chi connectivity index (χ0) is 27.5. The van der Waals surface area contributed by atoms with Gasteiger partial charge in [0.05, 0.1) is 19.6 Å². The van der Waals surface area contributed by atoms with Crippen molar-refractivity contribution < 1.29 is 38.9 Å². The number of amides is 3. The minimum Gasteiger partial charge on any atom is -0.508 e. The third-order valence-electron chi connectivity index (χ3n) is 4.83. The fourth-order valence-corrected chi connectivity index (χ4v) is 3.50. The number of carbonyl (C=O) groups excluding carboxylic acids is 4. The number of rotatable bonds is 12.